The number of carbonyl (C=O) groups excluding carboxylic acids is 1. The Balaban J connectivity index is 1.73. The molecule has 0 atom stereocenters. The van der Waals surface area contributed by atoms with Crippen LogP contribution in [0.3, 0.4) is 0 Å². The maximum absolute atomic E-state index is 12.3. The van der Waals surface area contributed by atoms with Gasteiger partial charge in [-0.05, 0) is 18.9 Å². The van der Waals surface area contributed by atoms with Crippen molar-refractivity contribution in [1.29, 1.82) is 0 Å². The van der Waals surface area contributed by atoms with Gasteiger partial charge in [-0.25, -0.2) is 0 Å². The number of H-pyrrole nitrogens is 1. The Hall–Kier alpha value is -1.88. The molecular weight excluding hydrogens is 252 g/mol. The van der Waals surface area contributed by atoms with Crippen LogP contribution in [0.4, 0.5) is 0 Å². The first kappa shape index (κ1) is 13.1. The molecule has 1 saturated carbocycles. The van der Waals surface area contributed by atoms with E-state index < -0.39 is 0 Å². The van der Waals surface area contributed by atoms with Crippen LogP contribution in [0.1, 0.15) is 31.4 Å². The number of amides is 1. The lowest BCUT2D eigenvalue weighted by Crippen LogP contribution is -2.52. The Morgan fingerprint density at radius 1 is 1.35 bits per heavy atom. The number of nitrogens with two attached hydrogens (primary N) is 1. The number of hydrogen-bond acceptors (Lipinski definition) is 3. The predicted octanol–water partition coefficient (Wildman–Crippen LogP) is 1.49. The van der Waals surface area contributed by atoms with Gasteiger partial charge < -0.3 is 11.1 Å². The van der Waals surface area contributed by atoms with Gasteiger partial charge in [0, 0.05) is 11.9 Å². The summed E-state index contributed by atoms with van der Waals surface area (Å²) >= 11 is 0. The first-order chi connectivity index (χ1) is 9.72. The van der Waals surface area contributed by atoms with Crippen LogP contribution in [0.2, 0.25) is 0 Å². The summed E-state index contributed by atoms with van der Waals surface area (Å²) in [6.45, 7) is 0.516. The van der Waals surface area contributed by atoms with Gasteiger partial charge in [0.25, 0.3) is 0 Å². The molecule has 1 aliphatic rings. The topological polar surface area (TPSA) is 83.8 Å². The minimum absolute atomic E-state index is 0.0201. The molecule has 0 radical (unpaired) electrons. The summed E-state index contributed by atoms with van der Waals surface area (Å²) in [4.78, 5) is 12.3. The molecule has 3 rings (SSSR count). The summed E-state index contributed by atoms with van der Waals surface area (Å²) in [7, 11) is 0. The van der Waals surface area contributed by atoms with Gasteiger partial charge in [-0.2, -0.15) is 5.10 Å². The number of fused-ring (bicyclic) bond motifs is 1. The lowest BCUT2D eigenvalue weighted by Gasteiger charge is -2.28. The quantitative estimate of drug-likeness (QED) is 0.788. The summed E-state index contributed by atoms with van der Waals surface area (Å²) in [5.41, 5.74) is 7.42. The van der Waals surface area contributed by atoms with Crippen molar-refractivity contribution in [3.05, 3.63) is 30.0 Å². The zero-order chi connectivity index (χ0) is 14.0. The molecule has 0 unspecified atom stereocenters. The molecule has 0 saturated heterocycles. The number of hydrogen-bond donors (Lipinski definition) is 3. The lowest BCUT2D eigenvalue weighted by molar-refractivity contribution is -0.122. The number of nitrogens with one attached hydrogen (secondary N) is 2. The molecule has 5 heteroatoms. The van der Waals surface area contributed by atoms with Gasteiger partial charge in [0.2, 0.25) is 5.91 Å². The lowest BCUT2D eigenvalue weighted by atomic mass is 9.97. The number of rotatable bonds is 4. The Kier molecular flexibility index (Phi) is 3.44. The molecule has 0 bridgehead atoms. The van der Waals surface area contributed by atoms with Crippen LogP contribution in [0, 0.1) is 0 Å². The zero-order valence-corrected chi connectivity index (χ0v) is 11.5. The van der Waals surface area contributed by atoms with E-state index in [0.29, 0.717) is 13.0 Å². The Labute approximate surface area is 117 Å². The van der Waals surface area contributed by atoms with Crippen LogP contribution in [0.15, 0.2) is 24.3 Å². The van der Waals surface area contributed by atoms with Gasteiger partial charge in [0.15, 0.2) is 0 Å². The van der Waals surface area contributed by atoms with E-state index in [4.69, 9.17) is 5.73 Å². The van der Waals surface area contributed by atoms with Crippen LogP contribution < -0.4 is 11.1 Å². The van der Waals surface area contributed by atoms with Crippen molar-refractivity contribution in [3.63, 3.8) is 0 Å². The van der Waals surface area contributed by atoms with E-state index in [1.807, 2.05) is 24.3 Å². The highest BCUT2D eigenvalue weighted by molar-refractivity contribution is 5.87. The second kappa shape index (κ2) is 5.25. The monoisotopic (exact) mass is 272 g/mol. The summed E-state index contributed by atoms with van der Waals surface area (Å²) in [5.74, 6) is 0.0201. The molecule has 1 aliphatic carbocycles. The van der Waals surface area contributed by atoms with Crippen LogP contribution in [0.5, 0.6) is 0 Å². The van der Waals surface area contributed by atoms with E-state index in [1.54, 1.807) is 0 Å². The summed E-state index contributed by atoms with van der Waals surface area (Å²) in [6.07, 6.45) is 4.58. The Morgan fingerprint density at radius 3 is 2.85 bits per heavy atom. The third-order valence-corrected chi connectivity index (χ3v) is 4.23. The van der Waals surface area contributed by atoms with Crippen molar-refractivity contribution >= 4 is 16.8 Å². The van der Waals surface area contributed by atoms with Crippen molar-refractivity contribution in [2.24, 2.45) is 5.73 Å². The minimum atomic E-state index is -0.188. The smallest absolute Gasteiger partial charge is 0.226 e. The molecule has 5 nitrogen and oxygen atoms in total. The van der Waals surface area contributed by atoms with Crippen molar-refractivity contribution in [1.82, 2.24) is 15.5 Å². The maximum Gasteiger partial charge on any atom is 0.226 e. The van der Waals surface area contributed by atoms with Crippen LogP contribution in [-0.4, -0.2) is 28.2 Å². The highest BCUT2D eigenvalue weighted by Gasteiger charge is 2.33. The molecule has 106 valence electrons. The van der Waals surface area contributed by atoms with Crippen LogP contribution in [-0.2, 0) is 11.2 Å². The van der Waals surface area contributed by atoms with Gasteiger partial charge in [-0.15, -0.1) is 0 Å². The molecule has 1 fully saturated rings. The van der Waals surface area contributed by atoms with Crippen molar-refractivity contribution in [3.8, 4) is 0 Å². The second-order valence-corrected chi connectivity index (χ2v) is 5.64. The molecular formula is C15H20N4O. The number of nitrogens with zero attached hydrogens (tertiary/aromatic N) is 1. The zero-order valence-electron chi connectivity index (χ0n) is 11.5. The van der Waals surface area contributed by atoms with Gasteiger partial charge in [-0.3, -0.25) is 9.89 Å². The summed E-state index contributed by atoms with van der Waals surface area (Å²) < 4.78 is 0. The van der Waals surface area contributed by atoms with E-state index >= 15 is 0 Å². The van der Waals surface area contributed by atoms with Crippen LogP contribution in [0.25, 0.3) is 10.9 Å². The molecule has 0 aliphatic heterocycles. The van der Waals surface area contributed by atoms with Gasteiger partial charge >= 0.3 is 0 Å². The summed E-state index contributed by atoms with van der Waals surface area (Å²) in [6, 6.07) is 7.81. The average Bonchev–Trinajstić information content (AvgIpc) is 3.07. The molecule has 0 spiro atoms. The normalized spacial score (nSPS) is 17.4. The fraction of sp³-hybridized carbons (Fsp3) is 0.467. The highest BCUT2D eigenvalue weighted by atomic mass is 16.1. The van der Waals surface area contributed by atoms with E-state index in [0.717, 1.165) is 42.3 Å². The third-order valence-electron chi connectivity index (χ3n) is 4.23. The van der Waals surface area contributed by atoms with Crippen molar-refractivity contribution in [2.75, 3.05) is 6.54 Å². The van der Waals surface area contributed by atoms with Gasteiger partial charge in [0.05, 0.1) is 23.2 Å². The average molecular weight is 272 g/mol. The van der Waals surface area contributed by atoms with Crippen LogP contribution >= 0.6 is 0 Å². The first-order valence-corrected chi connectivity index (χ1v) is 7.15. The van der Waals surface area contributed by atoms with E-state index in [1.165, 1.54) is 0 Å². The standard InChI is InChI=1S/C15H20N4O/c16-10-15(7-3-4-8-15)17-14(20)9-13-11-5-1-2-6-12(11)18-19-13/h1-2,5-6H,3-4,7-10,16H2,(H,17,20)(H,18,19). The molecule has 2 aromatic rings. The number of aromatic amines is 1. The minimum Gasteiger partial charge on any atom is -0.349 e. The SMILES string of the molecule is NCC1(NC(=O)Cc2[nH]nc3ccccc23)CCCC1. The molecule has 4 N–H and O–H groups in total. The first-order valence-electron chi connectivity index (χ1n) is 7.15. The fourth-order valence-electron chi connectivity index (χ4n) is 3.08. The van der Waals surface area contributed by atoms with Crippen molar-refractivity contribution in [2.45, 2.75) is 37.6 Å². The molecule has 1 aromatic heterocycles. The van der Waals surface area contributed by atoms with Gasteiger partial charge in [0.1, 0.15) is 0 Å². The number of aromatic nitrogens is 2. The molecule has 1 aromatic carbocycles. The second-order valence-electron chi connectivity index (χ2n) is 5.64. The third kappa shape index (κ3) is 2.41. The summed E-state index contributed by atoms with van der Waals surface area (Å²) in [5, 5.41) is 11.3. The number of carbonyl (C=O) groups is 1. The van der Waals surface area contributed by atoms with Crippen molar-refractivity contribution < 1.29 is 4.79 Å². The molecule has 1 heterocycles. The fourth-order valence-corrected chi connectivity index (χ4v) is 3.08. The Morgan fingerprint density at radius 2 is 2.10 bits per heavy atom. The van der Waals surface area contributed by atoms with E-state index in [2.05, 4.69) is 15.5 Å². The molecule has 1 amide bonds. The maximum atomic E-state index is 12.3. The largest absolute Gasteiger partial charge is 0.349 e. The van der Waals surface area contributed by atoms with E-state index in [9.17, 15) is 4.79 Å². The Bertz CT molecular complexity index is 613. The molecule has 20 heavy (non-hydrogen) atoms. The van der Waals surface area contributed by atoms with Gasteiger partial charge in [-0.1, -0.05) is 31.0 Å². The van der Waals surface area contributed by atoms with E-state index in [-0.39, 0.29) is 11.4 Å². The predicted molar refractivity (Wildman–Crippen MR) is 78.2 cm³/mol. The number of para-hydroxylation sites is 1. The number of benzene rings is 1. The highest BCUT2D eigenvalue weighted by Crippen LogP contribution is 2.28.